The highest BCUT2D eigenvalue weighted by Gasteiger charge is 2.33. The van der Waals surface area contributed by atoms with E-state index < -0.39 is 0 Å². The number of carbonyl (C=O) groups excluding carboxylic acids is 2. The summed E-state index contributed by atoms with van der Waals surface area (Å²) >= 11 is 0. The normalized spacial score (nSPS) is 21.3. The van der Waals surface area contributed by atoms with Crippen LogP contribution in [0.2, 0.25) is 0 Å². The summed E-state index contributed by atoms with van der Waals surface area (Å²) in [7, 11) is 0. The number of carbonyl (C=O) groups is 2. The molecule has 0 aromatic heterocycles. The smallest absolute Gasteiger partial charge is 0.251 e. The minimum Gasteiger partial charge on any atom is -0.370 e. The van der Waals surface area contributed by atoms with Crippen LogP contribution in [0.15, 0.2) is 41.4 Å². The third kappa shape index (κ3) is 6.94. The number of amides is 2. The third-order valence-electron chi connectivity index (χ3n) is 7.69. The molecule has 0 bridgehead atoms. The number of allylic oxidation sites excluding steroid dienone is 1. The van der Waals surface area contributed by atoms with Crippen LogP contribution in [-0.4, -0.2) is 23.8 Å². The molecule has 39 heavy (non-hydrogen) atoms. The summed E-state index contributed by atoms with van der Waals surface area (Å²) in [6.07, 6.45) is 10.3. The number of hydrogen-bond acceptors (Lipinski definition) is 4. The van der Waals surface area contributed by atoms with Gasteiger partial charge >= 0.3 is 0 Å². The molecule has 2 aromatic carbocycles. The lowest BCUT2D eigenvalue weighted by Crippen LogP contribution is -2.43. The number of nitrogens with one attached hydrogen (secondary N) is 2. The second-order valence-electron chi connectivity index (χ2n) is 11.4. The van der Waals surface area contributed by atoms with Crippen LogP contribution in [0.1, 0.15) is 104 Å². The lowest BCUT2D eigenvalue weighted by molar-refractivity contribution is -0.120. The molecule has 1 heterocycles. The zero-order chi connectivity index (χ0) is 28.2. The zero-order valence-corrected chi connectivity index (χ0v) is 23.6. The topological polar surface area (TPSA) is 96.6 Å². The molecule has 0 saturated carbocycles. The predicted molar refractivity (Wildman–Crippen MR) is 155 cm³/mol. The zero-order valence-electron chi connectivity index (χ0n) is 23.6. The number of rotatable bonds is 6. The molecule has 2 amide bonds. The molecule has 2 aliphatic carbocycles. The number of aryl methyl sites for hydroxylation is 1. The standard InChI is InChI=1S/C30H35FN4O2.C2H6/c1-30(2)16-20-11-10-18(6-3-4-8-22-15-27(36)35-29(32)33-22)12-24(20)26(17-30)34-28(37)21-13-19-7-5-9-23(19)25(31)14-21;1-2/h3,6,10-14,22,26H,4-5,7-9,15-17H2,1-2H3,(H,34,37)(H3,32,33,35,36);1-2H3/b6-3-;. The summed E-state index contributed by atoms with van der Waals surface area (Å²) in [6.45, 7) is 8.44. The first-order valence-corrected chi connectivity index (χ1v) is 14.2. The number of halogens is 1. The van der Waals surface area contributed by atoms with Crippen molar-refractivity contribution in [3.05, 3.63) is 75.6 Å². The number of guanidine groups is 1. The quantitative estimate of drug-likeness (QED) is 0.440. The van der Waals surface area contributed by atoms with E-state index in [1.807, 2.05) is 19.9 Å². The highest BCUT2D eigenvalue weighted by Crippen LogP contribution is 2.41. The van der Waals surface area contributed by atoms with E-state index in [-0.39, 0.29) is 41.1 Å². The molecule has 0 radical (unpaired) electrons. The van der Waals surface area contributed by atoms with Crippen LogP contribution in [0.3, 0.4) is 0 Å². The van der Waals surface area contributed by atoms with Gasteiger partial charge in [-0.25, -0.2) is 9.38 Å². The molecule has 7 heteroatoms. The van der Waals surface area contributed by atoms with Crippen LogP contribution in [-0.2, 0) is 24.1 Å². The van der Waals surface area contributed by atoms with Crippen molar-refractivity contribution in [2.75, 3.05) is 0 Å². The van der Waals surface area contributed by atoms with Gasteiger partial charge in [0.1, 0.15) is 5.82 Å². The number of hydrogen-bond donors (Lipinski definition) is 3. The third-order valence-corrected chi connectivity index (χ3v) is 7.69. The Morgan fingerprint density at radius 3 is 2.77 bits per heavy atom. The van der Waals surface area contributed by atoms with Crippen molar-refractivity contribution in [2.24, 2.45) is 16.1 Å². The van der Waals surface area contributed by atoms with E-state index in [0.717, 1.165) is 67.2 Å². The van der Waals surface area contributed by atoms with Gasteiger partial charge in [-0.05, 0) is 96.4 Å². The van der Waals surface area contributed by atoms with E-state index in [1.165, 1.54) is 11.6 Å². The summed E-state index contributed by atoms with van der Waals surface area (Å²) in [4.78, 5) is 29.2. The monoisotopic (exact) mass is 532 g/mol. The van der Waals surface area contributed by atoms with Gasteiger partial charge in [0.05, 0.1) is 12.1 Å². The number of aliphatic imine (C=N–C) groups is 1. The van der Waals surface area contributed by atoms with Crippen LogP contribution in [0.25, 0.3) is 6.08 Å². The molecule has 208 valence electrons. The second kappa shape index (κ2) is 12.1. The fourth-order valence-corrected chi connectivity index (χ4v) is 5.96. The average Bonchev–Trinajstić information content (AvgIpc) is 3.36. The molecule has 1 aliphatic heterocycles. The Labute approximate surface area is 231 Å². The molecule has 6 nitrogen and oxygen atoms in total. The summed E-state index contributed by atoms with van der Waals surface area (Å²) in [5.74, 6) is -0.382. The van der Waals surface area contributed by atoms with Crippen molar-refractivity contribution in [2.45, 2.75) is 91.1 Å². The van der Waals surface area contributed by atoms with Gasteiger partial charge in [-0.1, -0.05) is 52.0 Å². The van der Waals surface area contributed by atoms with E-state index in [0.29, 0.717) is 12.0 Å². The van der Waals surface area contributed by atoms with Crippen molar-refractivity contribution in [3.63, 3.8) is 0 Å². The van der Waals surface area contributed by atoms with Crippen LogP contribution in [0.5, 0.6) is 0 Å². The second-order valence-corrected chi connectivity index (χ2v) is 11.4. The Kier molecular flexibility index (Phi) is 8.88. The highest BCUT2D eigenvalue weighted by molar-refractivity contribution is 5.98. The Hall–Kier alpha value is -3.48. The molecule has 0 fully saturated rings. The minimum absolute atomic E-state index is 0.0418. The Morgan fingerprint density at radius 1 is 1.21 bits per heavy atom. The molecular formula is C32H41FN4O2. The first-order valence-electron chi connectivity index (χ1n) is 14.2. The molecule has 0 saturated heterocycles. The summed E-state index contributed by atoms with van der Waals surface area (Å²) < 4.78 is 14.6. The van der Waals surface area contributed by atoms with Crippen LogP contribution < -0.4 is 16.4 Å². The van der Waals surface area contributed by atoms with Crippen LogP contribution >= 0.6 is 0 Å². The Balaban J connectivity index is 0.00000172. The lowest BCUT2D eigenvalue weighted by atomic mass is 9.71. The van der Waals surface area contributed by atoms with Crippen molar-refractivity contribution in [1.82, 2.24) is 10.6 Å². The van der Waals surface area contributed by atoms with Crippen molar-refractivity contribution in [3.8, 4) is 0 Å². The van der Waals surface area contributed by atoms with Crippen LogP contribution in [0, 0.1) is 11.2 Å². The maximum absolute atomic E-state index is 14.6. The fraction of sp³-hybridized carbons (Fsp3) is 0.469. The molecular weight excluding hydrogens is 491 g/mol. The number of nitrogens with zero attached hydrogens (tertiary/aromatic N) is 1. The van der Waals surface area contributed by atoms with E-state index in [9.17, 15) is 14.0 Å². The van der Waals surface area contributed by atoms with Gasteiger partial charge in [0.2, 0.25) is 5.91 Å². The minimum atomic E-state index is -0.265. The van der Waals surface area contributed by atoms with Gasteiger partial charge in [-0.15, -0.1) is 0 Å². The van der Waals surface area contributed by atoms with Gasteiger partial charge in [0.25, 0.3) is 5.91 Å². The number of benzene rings is 2. The van der Waals surface area contributed by atoms with E-state index in [1.54, 1.807) is 0 Å². The first kappa shape index (κ1) is 28.5. The number of nitrogens with two attached hydrogens (primary N) is 1. The maximum Gasteiger partial charge on any atom is 0.251 e. The molecule has 2 unspecified atom stereocenters. The average molecular weight is 533 g/mol. The molecule has 0 spiro atoms. The first-order chi connectivity index (χ1) is 18.7. The van der Waals surface area contributed by atoms with E-state index in [4.69, 9.17) is 5.73 Å². The van der Waals surface area contributed by atoms with Crippen molar-refractivity contribution >= 4 is 23.8 Å². The summed E-state index contributed by atoms with van der Waals surface area (Å²) in [6, 6.07) is 9.43. The fourth-order valence-electron chi connectivity index (χ4n) is 5.96. The molecule has 2 aromatic rings. The predicted octanol–water partition coefficient (Wildman–Crippen LogP) is 5.78. The lowest BCUT2D eigenvalue weighted by Gasteiger charge is -2.37. The molecule has 3 aliphatic rings. The summed E-state index contributed by atoms with van der Waals surface area (Å²) in [5.41, 5.74) is 11.2. The highest BCUT2D eigenvalue weighted by atomic mass is 19.1. The van der Waals surface area contributed by atoms with Gasteiger partial charge < -0.3 is 11.1 Å². The van der Waals surface area contributed by atoms with E-state index in [2.05, 4.69) is 59.8 Å². The largest absolute Gasteiger partial charge is 0.370 e. The SMILES string of the molecule is CC.CC1(C)Cc2ccc(/C=C\CCC3CC(=O)NC(N)=N3)cc2C(NC(=O)c2cc(F)c3c(c2)CCC3)C1. The van der Waals surface area contributed by atoms with E-state index >= 15 is 0 Å². The maximum atomic E-state index is 14.6. The van der Waals surface area contributed by atoms with Gasteiger partial charge in [0, 0.05) is 12.0 Å². The Bertz CT molecular complexity index is 1300. The Morgan fingerprint density at radius 2 is 2.00 bits per heavy atom. The molecule has 5 rings (SSSR count). The molecule has 2 atom stereocenters. The van der Waals surface area contributed by atoms with Gasteiger partial charge in [-0.2, -0.15) is 0 Å². The van der Waals surface area contributed by atoms with Crippen molar-refractivity contribution in [1.29, 1.82) is 0 Å². The van der Waals surface area contributed by atoms with Crippen molar-refractivity contribution < 1.29 is 14.0 Å². The summed E-state index contributed by atoms with van der Waals surface area (Å²) in [5, 5.41) is 5.74. The van der Waals surface area contributed by atoms with Gasteiger partial charge in [0.15, 0.2) is 5.96 Å². The molecule has 4 N–H and O–H groups in total. The van der Waals surface area contributed by atoms with Gasteiger partial charge in [-0.3, -0.25) is 14.9 Å². The number of fused-ring (bicyclic) bond motifs is 2. The van der Waals surface area contributed by atoms with Crippen LogP contribution in [0.4, 0.5) is 4.39 Å².